The Kier molecular flexibility index (Phi) is 3.71. The van der Waals surface area contributed by atoms with Crippen molar-refractivity contribution >= 4 is 0 Å². The number of benzene rings is 1. The van der Waals surface area contributed by atoms with Gasteiger partial charge in [-0.2, -0.15) is 0 Å². The summed E-state index contributed by atoms with van der Waals surface area (Å²) in [5.41, 5.74) is 3.58. The van der Waals surface area contributed by atoms with Crippen molar-refractivity contribution in [2.45, 2.75) is 13.0 Å². The number of imidazole rings is 1. The van der Waals surface area contributed by atoms with E-state index in [1.165, 1.54) is 11.1 Å². The molecule has 118 valence electrons. The van der Waals surface area contributed by atoms with Crippen molar-refractivity contribution in [1.82, 2.24) is 14.5 Å². The van der Waals surface area contributed by atoms with Gasteiger partial charge in [-0.05, 0) is 42.3 Å². The van der Waals surface area contributed by atoms with Crippen molar-refractivity contribution in [3.63, 3.8) is 0 Å². The van der Waals surface area contributed by atoms with E-state index in [-0.39, 0.29) is 6.04 Å². The molecule has 0 amide bonds. The molecule has 1 aromatic carbocycles. The molecule has 4 nitrogen and oxygen atoms in total. The predicted octanol–water partition coefficient (Wildman–Crippen LogP) is 4.48. The summed E-state index contributed by atoms with van der Waals surface area (Å²) in [6, 6.07) is 16.5. The standard InChI is InChI=1S/C20H17N3O/c1-15-4-6-16(7-5-15)19(17-8-10-21-11-9-17)23-13-12-22-20(23)18-3-2-14-24-18/h2-14,19H,1H3/t19-/m1/s1. The van der Waals surface area contributed by atoms with Gasteiger partial charge in [0.1, 0.15) is 0 Å². The van der Waals surface area contributed by atoms with Crippen molar-refractivity contribution in [2.24, 2.45) is 0 Å². The zero-order valence-electron chi connectivity index (χ0n) is 13.3. The van der Waals surface area contributed by atoms with Gasteiger partial charge in [-0.3, -0.25) is 4.98 Å². The second kappa shape index (κ2) is 6.16. The number of hydrogen-bond acceptors (Lipinski definition) is 3. The largest absolute Gasteiger partial charge is 0.461 e. The minimum atomic E-state index is 0.0104. The minimum Gasteiger partial charge on any atom is -0.461 e. The molecule has 0 fully saturated rings. The molecule has 0 unspecified atom stereocenters. The van der Waals surface area contributed by atoms with E-state index in [0.29, 0.717) is 0 Å². The predicted molar refractivity (Wildman–Crippen MR) is 92.6 cm³/mol. The Morgan fingerprint density at radius 1 is 0.917 bits per heavy atom. The Morgan fingerprint density at radius 2 is 1.67 bits per heavy atom. The lowest BCUT2D eigenvalue weighted by Crippen LogP contribution is -2.13. The summed E-state index contributed by atoms with van der Waals surface area (Å²) in [4.78, 5) is 8.65. The minimum absolute atomic E-state index is 0.0104. The summed E-state index contributed by atoms with van der Waals surface area (Å²) in [5, 5.41) is 0. The van der Waals surface area contributed by atoms with Crippen molar-refractivity contribution in [3.05, 3.63) is 96.3 Å². The molecule has 0 aliphatic carbocycles. The fourth-order valence-corrected chi connectivity index (χ4v) is 2.93. The second-order valence-electron chi connectivity index (χ2n) is 5.73. The molecular formula is C20H17N3O. The third kappa shape index (κ3) is 2.63. The van der Waals surface area contributed by atoms with E-state index in [9.17, 15) is 0 Å². The quantitative estimate of drug-likeness (QED) is 0.557. The number of aryl methyl sites for hydroxylation is 1. The van der Waals surface area contributed by atoms with E-state index in [1.807, 2.05) is 42.9 Å². The number of hydrogen-bond donors (Lipinski definition) is 0. The number of furan rings is 1. The van der Waals surface area contributed by atoms with Crippen LogP contribution in [0.3, 0.4) is 0 Å². The summed E-state index contributed by atoms with van der Waals surface area (Å²) in [6.45, 7) is 2.09. The zero-order chi connectivity index (χ0) is 16.4. The molecule has 0 saturated heterocycles. The van der Waals surface area contributed by atoms with Crippen LogP contribution in [-0.2, 0) is 0 Å². The lowest BCUT2D eigenvalue weighted by Gasteiger charge is -2.21. The fraction of sp³-hybridized carbons (Fsp3) is 0.100. The summed E-state index contributed by atoms with van der Waals surface area (Å²) in [5.74, 6) is 1.56. The average molecular weight is 315 g/mol. The van der Waals surface area contributed by atoms with Gasteiger partial charge in [0.25, 0.3) is 0 Å². The highest BCUT2D eigenvalue weighted by Gasteiger charge is 2.20. The average Bonchev–Trinajstić information content (AvgIpc) is 3.29. The van der Waals surface area contributed by atoms with E-state index in [2.05, 4.69) is 45.7 Å². The number of rotatable bonds is 4. The lowest BCUT2D eigenvalue weighted by atomic mass is 9.98. The Hall–Kier alpha value is -3.14. The van der Waals surface area contributed by atoms with Gasteiger partial charge in [0.2, 0.25) is 0 Å². The Bertz CT molecular complexity index is 909. The first-order chi connectivity index (χ1) is 11.8. The molecule has 0 spiro atoms. The van der Waals surface area contributed by atoms with Gasteiger partial charge >= 0.3 is 0 Å². The van der Waals surface area contributed by atoms with Crippen LogP contribution in [0.4, 0.5) is 0 Å². The van der Waals surface area contributed by atoms with Gasteiger partial charge in [-0.25, -0.2) is 4.98 Å². The van der Waals surface area contributed by atoms with Crippen LogP contribution in [-0.4, -0.2) is 14.5 Å². The van der Waals surface area contributed by atoms with Crippen LogP contribution in [0.15, 0.2) is 84.0 Å². The fourth-order valence-electron chi connectivity index (χ4n) is 2.93. The van der Waals surface area contributed by atoms with Crippen LogP contribution in [0.25, 0.3) is 11.6 Å². The molecule has 0 bridgehead atoms. The van der Waals surface area contributed by atoms with Crippen LogP contribution in [0.2, 0.25) is 0 Å². The third-order valence-electron chi connectivity index (χ3n) is 4.10. The normalized spacial score (nSPS) is 12.2. The van der Waals surface area contributed by atoms with Gasteiger partial charge < -0.3 is 8.98 Å². The van der Waals surface area contributed by atoms with Crippen LogP contribution in [0, 0.1) is 6.92 Å². The molecule has 1 atom stereocenters. The number of nitrogens with zero attached hydrogens (tertiary/aromatic N) is 3. The van der Waals surface area contributed by atoms with E-state index >= 15 is 0 Å². The van der Waals surface area contributed by atoms with Gasteiger partial charge in [0.05, 0.1) is 12.3 Å². The molecule has 4 aromatic rings. The second-order valence-corrected chi connectivity index (χ2v) is 5.73. The molecule has 4 heteroatoms. The van der Waals surface area contributed by atoms with E-state index < -0.39 is 0 Å². The van der Waals surface area contributed by atoms with E-state index in [4.69, 9.17) is 4.42 Å². The Labute approximate surface area is 140 Å². The van der Waals surface area contributed by atoms with Crippen LogP contribution >= 0.6 is 0 Å². The molecule has 24 heavy (non-hydrogen) atoms. The molecule has 3 aromatic heterocycles. The maximum Gasteiger partial charge on any atom is 0.176 e. The van der Waals surface area contributed by atoms with Crippen molar-refractivity contribution < 1.29 is 4.42 Å². The first-order valence-electron chi connectivity index (χ1n) is 7.86. The molecule has 0 aliphatic rings. The molecule has 4 rings (SSSR count). The molecule has 0 aliphatic heterocycles. The molecule has 3 heterocycles. The molecule has 0 radical (unpaired) electrons. The van der Waals surface area contributed by atoms with Gasteiger partial charge in [0.15, 0.2) is 11.6 Å². The van der Waals surface area contributed by atoms with Gasteiger partial charge in [-0.1, -0.05) is 29.8 Å². The highest BCUT2D eigenvalue weighted by atomic mass is 16.3. The highest BCUT2D eigenvalue weighted by Crippen LogP contribution is 2.31. The van der Waals surface area contributed by atoms with Crippen LogP contribution < -0.4 is 0 Å². The topological polar surface area (TPSA) is 43.9 Å². The summed E-state index contributed by atoms with van der Waals surface area (Å²) in [6.07, 6.45) is 9.10. The maximum atomic E-state index is 5.56. The van der Waals surface area contributed by atoms with E-state index in [0.717, 1.165) is 17.1 Å². The monoisotopic (exact) mass is 315 g/mol. The Morgan fingerprint density at radius 3 is 2.38 bits per heavy atom. The highest BCUT2D eigenvalue weighted by molar-refractivity contribution is 5.49. The molecule has 0 N–H and O–H groups in total. The van der Waals surface area contributed by atoms with Crippen LogP contribution in [0.1, 0.15) is 22.7 Å². The third-order valence-corrected chi connectivity index (χ3v) is 4.10. The summed E-state index contributed by atoms with van der Waals surface area (Å²) >= 11 is 0. The summed E-state index contributed by atoms with van der Waals surface area (Å²) in [7, 11) is 0. The SMILES string of the molecule is Cc1ccc([C@H](c2ccncc2)n2ccnc2-c2ccco2)cc1. The van der Waals surface area contributed by atoms with Crippen molar-refractivity contribution in [3.8, 4) is 11.6 Å². The number of pyridine rings is 1. The zero-order valence-corrected chi connectivity index (χ0v) is 13.3. The van der Waals surface area contributed by atoms with Gasteiger partial charge in [0, 0.05) is 24.8 Å². The maximum absolute atomic E-state index is 5.56. The first-order valence-corrected chi connectivity index (χ1v) is 7.86. The van der Waals surface area contributed by atoms with E-state index in [1.54, 1.807) is 12.5 Å². The smallest absolute Gasteiger partial charge is 0.176 e. The van der Waals surface area contributed by atoms with Gasteiger partial charge in [-0.15, -0.1) is 0 Å². The number of aromatic nitrogens is 3. The van der Waals surface area contributed by atoms with Crippen molar-refractivity contribution in [1.29, 1.82) is 0 Å². The molecule has 0 saturated carbocycles. The first kappa shape index (κ1) is 14.5. The Balaban J connectivity index is 1.88. The summed E-state index contributed by atoms with van der Waals surface area (Å²) < 4.78 is 7.70. The van der Waals surface area contributed by atoms with Crippen molar-refractivity contribution in [2.75, 3.05) is 0 Å². The van der Waals surface area contributed by atoms with Crippen LogP contribution in [0.5, 0.6) is 0 Å². The lowest BCUT2D eigenvalue weighted by molar-refractivity contribution is 0.565. The molecular weight excluding hydrogens is 298 g/mol.